The van der Waals surface area contributed by atoms with E-state index in [0.29, 0.717) is 11.5 Å². The normalized spacial score (nSPS) is 14.1. The number of ether oxygens (including phenoxy) is 1. The van der Waals surface area contributed by atoms with Gasteiger partial charge in [-0.05, 0) is 12.1 Å². The lowest BCUT2D eigenvalue weighted by atomic mass is 9.87. The van der Waals surface area contributed by atoms with Gasteiger partial charge in [0.25, 0.3) is 0 Å². The summed E-state index contributed by atoms with van der Waals surface area (Å²) in [5.74, 6) is -0.835. The highest BCUT2D eigenvalue weighted by Gasteiger charge is 2.34. The second-order valence-corrected chi connectivity index (χ2v) is 6.07. The zero-order valence-electron chi connectivity index (χ0n) is 13.6. The predicted octanol–water partition coefficient (Wildman–Crippen LogP) is 3.10. The van der Waals surface area contributed by atoms with Crippen molar-refractivity contribution >= 4 is 11.9 Å². The van der Waals surface area contributed by atoms with Crippen molar-refractivity contribution in [1.82, 2.24) is 4.90 Å². The number of carbonyl (C=O) groups is 2. The maximum absolute atomic E-state index is 13.1. The molecule has 2 aromatic rings. The lowest BCUT2D eigenvalue weighted by Gasteiger charge is -2.31. The Hall–Kier alpha value is -2.82. The Morgan fingerprint density at radius 3 is 2.08 bits per heavy atom. The van der Waals surface area contributed by atoms with E-state index >= 15 is 0 Å². The largest absolute Gasteiger partial charge is 0.481 e. The number of benzene rings is 2. The average Bonchev–Trinajstić information content (AvgIpc) is 2.58. The fraction of sp³-hybridized carbons (Fsp3) is 0.263. The number of amides is 1. The smallest absolute Gasteiger partial charge is 0.308 e. The molecule has 2 aromatic carbocycles. The highest BCUT2D eigenvalue weighted by atomic mass is 16.5. The summed E-state index contributed by atoms with van der Waals surface area (Å²) < 4.78 is 5.89. The number of carboxylic acid groups (broad SMARTS) is 1. The molecule has 1 heterocycles. The minimum atomic E-state index is -0.914. The van der Waals surface area contributed by atoms with Crippen LogP contribution in [0.4, 0.5) is 0 Å². The molecule has 5 heteroatoms. The van der Waals surface area contributed by atoms with Gasteiger partial charge in [-0.25, -0.2) is 0 Å². The number of aliphatic carboxylic acids is 1. The van der Waals surface area contributed by atoms with Gasteiger partial charge in [-0.3, -0.25) is 9.59 Å². The van der Waals surface area contributed by atoms with Gasteiger partial charge in [-0.2, -0.15) is 0 Å². The van der Waals surface area contributed by atoms with Crippen molar-refractivity contribution in [2.75, 3.05) is 13.6 Å². The molecule has 1 aliphatic heterocycles. The molecule has 0 bridgehead atoms. The molecule has 0 saturated carbocycles. The van der Waals surface area contributed by atoms with E-state index < -0.39 is 17.8 Å². The second kappa shape index (κ2) is 6.35. The zero-order chi connectivity index (χ0) is 17.3. The standard InChI is InChI=1S/C19H19NO4/c1-12(19(22)23)11-20(2)18(21)17-13-7-3-5-9-15(13)24-16-10-6-4-8-14(16)17/h3-10,12,17H,11H2,1-2H3,(H,22,23). The molecule has 1 amide bonds. The molecule has 1 aliphatic rings. The fourth-order valence-electron chi connectivity index (χ4n) is 2.98. The van der Waals surface area contributed by atoms with Crippen LogP contribution in [0.1, 0.15) is 24.0 Å². The topological polar surface area (TPSA) is 66.8 Å². The van der Waals surface area contributed by atoms with Crippen LogP contribution in [-0.2, 0) is 9.59 Å². The number of hydrogen-bond acceptors (Lipinski definition) is 3. The molecule has 3 rings (SSSR count). The van der Waals surface area contributed by atoms with Gasteiger partial charge < -0.3 is 14.7 Å². The Labute approximate surface area is 140 Å². The summed E-state index contributed by atoms with van der Waals surface area (Å²) in [7, 11) is 1.64. The van der Waals surface area contributed by atoms with Gasteiger partial charge >= 0.3 is 5.97 Å². The third-order valence-electron chi connectivity index (χ3n) is 4.27. The van der Waals surface area contributed by atoms with E-state index in [1.807, 2.05) is 48.5 Å². The fourth-order valence-corrected chi connectivity index (χ4v) is 2.98. The van der Waals surface area contributed by atoms with Crippen molar-refractivity contribution in [3.05, 3.63) is 59.7 Å². The molecule has 24 heavy (non-hydrogen) atoms. The minimum Gasteiger partial charge on any atom is -0.481 e. The van der Waals surface area contributed by atoms with Crippen LogP contribution in [-0.4, -0.2) is 35.5 Å². The Kier molecular flexibility index (Phi) is 4.25. The number of hydrogen-bond donors (Lipinski definition) is 1. The van der Waals surface area contributed by atoms with Crippen molar-refractivity contribution in [1.29, 1.82) is 0 Å². The number of fused-ring (bicyclic) bond motifs is 2. The Morgan fingerprint density at radius 2 is 1.58 bits per heavy atom. The molecule has 0 radical (unpaired) electrons. The maximum atomic E-state index is 13.1. The van der Waals surface area contributed by atoms with Gasteiger partial charge in [0.1, 0.15) is 11.5 Å². The Morgan fingerprint density at radius 1 is 1.08 bits per heavy atom. The highest BCUT2D eigenvalue weighted by molar-refractivity contribution is 5.89. The van der Waals surface area contributed by atoms with E-state index in [4.69, 9.17) is 9.84 Å². The van der Waals surface area contributed by atoms with Gasteiger partial charge in [0.2, 0.25) is 5.91 Å². The van der Waals surface area contributed by atoms with Gasteiger partial charge in [0.15, 0.2) is 0 Å². The molecular weight excluding hydrogens is 306 g/mol. The first kappa shape index (κ1) is 16.1. The van der Waals surface area contributed by atoms with Crippen molar-refractivity contribution in [2.45, 2.75) is 12.8 Å². The number of rotatable bonds is 4. The molecule has 1 unspecified atom stereocenters. The van der Waals surface area contributed by atoms with Crippen LogP contribution >= 0.6 is 0 Å². The number of para-hydroxylation sites is 2. The van der Waals surface area contributed by atoms with Crippen LogP contribution in [0.15, 0.2) is 48.5 Å². The van der Waals surface area contributed by atoms with Crippen molar-refractivity contribution < 1.29 is 19.4 Å². The molecule has 0 spiro atoms. The first-order chi connectivity index (χ1) is 11.5. The van der Waals surface area contributed by atoms with Crippen molar-refractivity contribution in [3.8, 4) is 11.5 Å². The van der Waals surface area contributed by atoms with E-state index in [9.17, 15) is 9.59 Å². The first-order valence-corrected chi connectivity index (χ1v) is 7.82. The number of carbonyl (C=O) groups excluding carboxylic acids is 1. The lowest BCUT2D eigenvalue weighted by Crippen LogP contribution is -2.37. The highest BCUT2D eigenvalue weighted by Crippen LogP contribution is 2.44. The van der Waals surface area contributed by atoms with E-state index in [-0.39, 0.29) is 12.5 Å². The van der Waals surface area contributed by atoms with Crippen LogP contribution < -0.4 is 4.74 Å². The summed E-state index contributed by atoms with van der Waals surface area (Å²) in [4.78, 5) is 25.6. The summed E-state index contributed by atoms with van der Waals surface area (Å²) in [6, 6.07) is 14.9. The second-order valence-electron chi connectivity index (χ2n) is 6.07. The van der Waals surface area contributed by atoms with Crippen LogP contribution in [0, 0.1) is 5.92 Å². The monoisotopic (exact) mass is 325 g/mol. The lowest BCUT2D eigenvalue weighted by molar-refractivity contribution is -0.142. The third-order valence-corrected chi connectivity index (χ3v) is 4.27. The zero-order valence-corrected chi connectivity index (χ0v) is 13.6. The Bertz CT molecular complexity index is 741. The molecule has 124 valence electrons. The molecule has 1 N–H and O–H groups in total. The van der Waals surface area contributed by atoms with Gasteiger partial charge in [0.05, 0.1) is 11.8 Å². The molecule has 0 aromatic heterocycles. The summed E-state index contributed by atoms with van der Waals surface area (Å²) in [6.45, 7) is 1.76. The van der Waals surface area contributed by atoms with E-state index in [0.717, 1.165) is 11.1 Å². The summed E-state index contributed by atoms with van der Waals surface area (Å²) in [5, 5.41) is 9.08. The van der Waals surface area contributed by atoms with Gasteiger partial charge in [-0.1, -0.05) is 43.3 Å². The van der Waals surface area contributed by atoms with Crippen molar-refractivity contribution in [3.63, 3.8) is 0 Å². The molecule has 5 nitrogen and oxygen atoms in total. The van der Waals surface area contributed by atoms with Crippen LogP contribution in [0.25, 0.3) is 0 Å². The van der Waals surface area contributed by atoms with E-state index in [2.05, 4.69) is 0 Å². The molecule has 0 aliphatic carbocycles. The van der Waals surface area contributed by atoms with Gasteiger partial charge in [0, 0.05) is 24.7 Å². The molecular formula is C19H19NO4. The Balaban J connectivity index is 1.97. The summed E-state index contributed by atoms with van der Waals surface area (Å²) >= 11 is 0. The maximum Gasteiger partial charge on any atom is 0.308 e. The number of likely N-dealkylation sites (N-methyl/N-ethyl adjacent to an activating group) is 1. The predicted molar refractivity (Wildman–Crippen MR) is 89.2 cm³/mol. The SMILES string of the molecule is CC(CN(C)C(=O)C1c2ccccc2Oc2ccccc21)C(=O)O. The van der Waals surface area contributed by atoms with Gasteiger partial charge in [-0.15, -0.1) is 0 Å². The molecule has 0 fully saturated rings. The third kappa shape index (κ3) is 2.85. The quantitative estimate of drug-likeness (QED) is 0.938. The summed E-state index contributed by atoms with van der Waals surface area (Å²) in [6.07, 6.45) is 0. The number of carboxylic acids is 1. The number of nitrogens with zero attached hydrogens (tertiary/aromatic N) is 1. The van der Waals surface area contributed by atoms with E-state index in [1.54, 1.807) is 14.0 Å². The van der Waals surface area contributed by atoms with Crippen LogP contribution in [0.3, 0.4) is 0 Å². The van der Waals surface area contributed by atoms with Crippen LogP contribution in [0.2, 0.25) is 0 Å². The first-order valence-electron chi connectivity index (χ1n) is 7.82. The average molecular weight is 325 g/mol. The summed E-state index contributed by atoms with van der Waals surface area (Å²) in [5.41, 5.74) is 1.60. The van der Waals surface area contributed by atoms with Crippen LogP contribution in [0.5, 0.6) is 11.5 Å². The minimum absolute atomic E-state index is 0.133. The van der Waals surface area contributed by atoms with Crippen molar-refractivity contribution in [2.24, 2.45) is 5.92 Å². The molecule has 1 atom stereocenters. The molecule has 0 saturated heterocycles. The van der Waals surface area contributed by atoms with E-state index in [1.165, 1.54) is 4.90 Å².